The van der Waals surface area contributed by atoms with Gasteiger partial charge in [0, 0.05) is 0 Å². The van der Waals surface area contributed by atoms with Crippen LogP contribution in [0.2, 0.25) is 0 Å². The Kier molecular flexibility index (Phi) is 18.9. The topological polar surface area (TPSA) is 26.3 Å². The lowest BCUT2D eigenvalue weighted by atomic mass is 9.86. The first-order valence-corrected chi connectivity index (χ1v) is 15.2. The molecule has 0 N–H and O–H groups in total. The molecule has 1 aromatic carbocycles. The van der Waals surface area contributed by atoms with E-state index in [0.717, 1.165) is 6.42 Å². The van der Waals surface area contributed by atoms with Crippen LogP contribution < -0.4 is 0 Å². The van der Waals surface area contributed by atoms with E-state index in [2.05, 4.69) is 26.0 Å². The summed E-state index contributed by atoms with van der Waals surface area (Å²) >= 11 is 0. The van der Waals surface area contributed by atoms with E-state index in [1.165, 1.54) is 121 Å². The Bertz CT molecular complexity index is 587. The Labute approximate surface area is 219 Å². The van der Waals surface area contributed by atoms with Crippen LogP contribution in [0.25, 0.3) is 0 Å². The lowest BCUT2D eigenvalue weighted by Gasteiger charge is -2.25. The maximum Gasteiger partial charge on any atom is 0.311 e. The highest BCUT2D eigenvalue weighted by Gasteiger charge is 2.30. The first-order valence-electron chi connectivity index (χ1n) is 15.2. The number of ether oxygens (including phenoxy) is 1. The molecule has 202 valence electrons. The van der Waals surface area contributed by atoms with Gasteiger partial charge in [-0.3, -0.25) is 4.79 Å². The number of hydrogen-bond donors (Lipinski definition) is 0. The predicted octanol–water partition coefficient (Wildman–Crippen LogP) is 10.5. The van der Waals surface area contributed by atoms with E-state index >= 15 is 0 Å². The number of benzene rings is 1. The van der Waals surface area contributed by atoms with Crippen LogP contribution in [0.3, 0.4) is 0 Å². The monoisotopic (exact) mass is 486 g/mol. The molecule has 0 aliphatic heterocycles. The quantitative estimate of drug-likeness (QED) is 0.114. The average molecular weight is 487 g/mol. The Morgan fingerprint density at radius 2 is 1.11 bits per heavy atom. The summed E-state index contributed by atoms with van der Waals surface area (Å²) < 4.78 is 5.95. The lowest BCUT2D eigenvalue weighted by Crippen LogP contribution is -2.30. The number of unbranched alkanes of at least 4 members (excludes halogenated alkanes) is 14. The van der Waals surface area contributed by atoms with Crippen molar-refractivity contribution in [1.29, 1.82) is 0 Å². The van der Waals surface area contributed by atoms with Crippen molar-refractivity contribution in [2.45, 2.75) is 150 Å². The van der Waals surface area contributed by atoms with Gasteiger partial charge in [-0.25, -0.2) is 0 Å². The van der Waals surface area contributed by atoms with Crippen LogP contribution in [0.4, 0.5) is 0 Å². The van der Waals surface area contributed by atoms with E-state index in [1.807, 2.05) is 32.0 Å². The summed E-state index contributed by atoms with van der Waals surface area (Å²) in [5.74, 6) is 0.477. The van der Waals surface area contributed by atoms with E-state index in [9.17, 15) is 4.79 Å². The second-order valence-corrected chi connectivity index (χ2v) is 11.5. The van der Waals surface area contributed by atoms with Crippen molar-refractivity contribution in [3.63, 3.8) is 0 Å². The van der Waals surface area contributed by atoms with Gasteiger partial charge in [-0.1, -0.05) is 147 Å². The maximum atomic E-state index is 13.0. The third-order valence-electron chi connectivity index (χ3n) is 7.42. The Morgan fingerprint density at radius 3 is 1.57 bits per heavy atom. The van der Waals surface area contributed by atoms with Gasteiger partial charge in [0.05, 0.1) is 12.0 Å². The normalized spacial score (nSPS) is 11.8. The number of rotatable bonds is 23. The number of carbonyl (C=O) groups is 1. The average Bonchev–Trinajstić information content (AvgIpc) is 2.85. The van der Waals surface area contributed by atoms with Gasteiger partial charge < -0.3 is 4.74 Å². The predicted molar refractivity (Wildman–Crippen MR) is 153 cm³/mol. The van der Waals surface area contributed by atoms with Gasteiger partial charge in [-0.15, -0.1) is 0 Å². The zero-order chi connectivity index (χ0) is 25.6. The molecule has 0 saturated heterocycles. The standard InChI is InChI=1S/C33H58O2/c1-5-7-9-11-13-15-17-20-26-31(27-21-18-16-14-12-10-8-6-2)29-35-32(34)33(3,4)28-30-24-22-19-23-25-30/h19,22-25,31H,5-18,20-21,26-29H2,1-4H3. The summed E-state index contributed by atoms with van der Waals surface area (Å²) in [5, 5.41) is 0. The minimum atomic E-state index is -0.483. The number of hydrogen-bond acceptors (Lipinski definition) is 2. The van der Waals surface area contributed by atoms with Crippen molar-refractivity contribution in [3.8, 4) is 0 Å². The van der Waals surface area contributed by atoms with E-state index < -0.39 is 5.41 Å². The first kappa shape index (κ1) is 31.7. The van der Waals surface area contributed by atoms with Gasteiger partial charge >= 0.3 is 5.97 Å². The van der Waals surface area contributed by atoms with Crippen LogP contribution in [0.15, 0.2) is 30.3 Å². The molecule has 0 saturated carbocycles. The van der Waals surface area contributed by atoms with Crippen LogP contribution in [0.1, 0.15) is 149 Å². The molecule has 0 bridgehead atoms. The molecule has 0 fully saturated rings. The summed E-state index contributed by atoms with van der Waals surface area (Å²) in [6, 6.07) is 10.3. The molecule has 0 atom stereocenters. The SMILES string of the molecule is CCCCCCCCCCC(CCCCCCCCCC)COC(=O)C(C)(C)Cc1ccccc1. The largest absolute Gasteiger partial charge is 0.465 e. The van der Waals surface area contributed by atoms with E-state index in [4.69, 9.17) is 4.74 Å². The van der Waals surface area contributed by atoms with Crippen LogP contribution in [-0.4, -0.2) is 12.6 Å². The molecule has 0 radical (unpaired) electrons. The maximum absolute atomic E-state index is 13.0. The second kappa shape index (κ2) is 20.8. The minimum absolute atomic E-state index is 0.0433. The van der Waals surface area contributed by atoms with Gasteiger partial charge in [0.2, 0.25) is 0 Å². The van der Waals surface area contributed by atoms with Gasteiger partial charge in [0.1, 0.15) is 0 Å². The Hall–Kier alpha value is -1.31. The third-order valence-corrected chi connectivity index (χ3v) is 7.42. The molecule has 0 aliphatic rings. The zero-order valence-corrected chi connectivity index (χ0v) is 23.9. The Balaban J connectivity index is 2.39. The van der Waals surface area contributed by atoms with E-state index in [1.54, 1.807) is 0 Å². The van der Waals surface area contributed by atoms with E-state index in [-0.39, 0.29) is 5.97 Å². The fraction of sp³-hybridized carbons (Fsp3) is 0.788. The molecule has 0 aromatic heterocycles. The molecule has 0 aliphatic carbocycles. The number of carbonyl (C=O) groups excluding carboxylic acids is 1. The van der Waals surface area contributed by atoms with Gasteiger partial charge in [0.15, 0.2) is 0 Å². The molecule has 0 amide bonds. The molecule has 2 nitrogen and oxygen atoms in total. The fourth-order valence-corrected chi connectivity index (χ4v) is 5.01. The first-order chi connectivity index (χ1) is 17.0. The van der Waals surface area contributed by atoms with Gasteiger partial charge in [-0.05, 0) is 44.6 Å². The number of esters is 1. The van der Waals surface area contributed by atoms with Crippen LogP contribution in [0, 0.1) is 11.3 Å². The summed E-state index contributed by atoms with van der Waals surface area (Å²) in [4.78, 5) is 13.0. The molecule has 35 heavy (non-hydrogen) atoms. The van der Waals surface area contributed by atoms with Gasteiger partial charge in [0.25, 0.3) is 0 Å². The molecular formula is C33H58O2. The van der Waals surface area contributed by atoms with Crippen molar-refractivity contribution in [2.24, 2.45) is 11.3 Å². The highest BCUT2D eigenvalue weighted by Crippen LogP contribution is 2.26. The zero-order valence-electron chi connectivity index (χ0n) is 23.9. The Morgan fingerprint density at radius 1 is 0.686 bits per heavy atom. The second-order valence-electron chi connectivity index (χ2n) is 11.5. The van der Waals surface area contributed by atoms with Crippen LogP contribution in [-0.2, 0) is 16.0 Å². The van der Waals surface area contributed by atoms with Gasteiger partial charge in [-0.2, -0.15) is 0 Å². The summed E-state index contributed by atoms with van der Waals surface area (Å²) in [6.45, 7) is 9.21. The van der Waals surface area contributed by atoms with Crippen molar-refractivity contribution in [1.82, 2.24) is 0 Å². The molecule has 0 unspecified atom stereocenters. The van der Waals surface area contributed by atoms with Crippen LogP contribution >= 0.6 is 0 Å². The van der Waals surface area contributed by atoms with Crippen molar-refractivity contribution >= 4 is 5.97 Å². The molecular weight excluding hydrogens is 428 g/mol. The minimum Gasteiger partial charge on any atom is -0.465 e. The molecule has 0 heterocycles. The highest BCUT2D eigenvalue weighted by molar-refractivity contribution is 5.76. The van der Waals surface area contributed by atoms with E-state index in [0.29, 0.717) is 12.5 Å². The lowest BCUT2D eigenvalue weighted by molar-refractivity contribution is -0.155. The molecule has 0 spiro atoms. The van der Waals surface area contributed by atoms with Crippen molar-refractivity contribution < 1.29 is 9.53 Å². The van der Waals surface area contributed by atoms with Crippen LogP contribution in [0.5, 0.6) is 0 Å². The van der Waals surface area contributed by atoms with Crippen molar-refractivity contribution in [3.05, 3.63) is 35.9 Å². The third kappa shape index (κ3) is 16.9. The van der Waals surface area contributed by atoms with Crippen molar-refractivity contribution in [2.75, 3.05) is 6.61 Å². The highest BCUT2D eigenvalue weighted by atomic mass is 16.5. The molecule has 1 rings (SSSR count). The summed E-state index contributed by atoms with van der Waals surface area (Å²) in [5.41, 5.74) is 0.715. The smallest absolute Gasteiger partial charge is 0.311 e. The summed E-state index contributed by atoms with van der Waals surface area (Å²) in [6.07, 6.45) is 24.8. The summed E-state index contributed by atoms with van der Waals surface area (Å²) in [7, 11) is 0. The molecule has 1 aromatic rings. The molecule has 2 heteroatoms. The fourth-order valence-electron chi connectivity index (χ4n) is 5.01.